The number of rotatable bonds is 4. The standard InChI is InChI=1S/C14H22N2O2S/c1-11(10-19(2,17)18)16-14-7-8-15-9-12-5-3-4-6-13(12)14/h3-6,11,14-16H,7-10H2,1-2H3. The van der Waals surface area contributed by atoms with Crippen molar-refractivity contribution in [3.8, 4) is 0 Å². The Morgan fingerprint density at radius 3 is 2.89 bits per heavy atom. The summed E-state index contributed by atoms with van der Waals surface area (Å²) in [6.45, 7) is 3.76. The van der Waals surface area contributed by atoms with Crippen molar-refractivity contribution in [2.75, 3.05) is 18.6 Å². The summed E-state index contributed by atoms with van der Waals surface area (Å²) in [6, 6.07) is 8.54. The lowest BCUT2D eigenvalue weighted by Crippen LogP contribution is -2.36. The van der Waals surface area contributed by atoms with Crippen LogP contribution in [0, 0.1) is 0 Å². The summed E-state index contributed by atoms with van der Waals surface area (Å²) in [5.41, 5.74) is 2.58. The van der Waals surface area contributed by atoms with Crippen LogP contribution in [0.4, 0.5) is 0 Å². The Kier molecular flexibility index (Phi) is 4.60. The van der Waals surface area contributed by atoms with Crippen LogP contribution in [0.5, 0.6) is 0 Å². The number of hydrogen-bond donors (Lipinski definition) is 2. The minimum atomic E-state index is -2.94. The van der Waals surface area contributed by atoms with Crippen molar-refractivity contribution in [3.05, 3.63) is 35.4 Å². The van der Waals surface area contributed by atoms with Crippen molar-refractivity contribution in [1.29, 1.82) is 0 Å². The molecule has 2 atom stereocenters. The largest absolute Gasteiger partial charge is 0.313 e. The van der Waals surface area contributed by atoms with Crippen molar-refractivity contribution in [1.82, 2.24) is 10.6 Å². The molecule has 1 aliphatic rings. The molecule has 2 rings (SSSR count). The smallest absolute Gasteiger partial charge is 0.148 e. The van der Waals surface area contributed by atoms with Gasteiger partial charge in [0.1, 0.15) is 9.84 Å². The van der Waals surface area contributed by atoms with Crippen molar-refractivity contribution in [3.63, 3.8) is 0 Å². The van der Waals surface area contributed by atoms with Gasteiger partial charge in [-0.25, -0.2) is 8.42 Å². The molecule has 5 heteroatoms. The lowest BCUT2D eigenvalue weighted by Gasteiger charge is -2.23. The van der Waals surface area contributed by atoms with Gasteiger partial charge in [0.05, 0.1) is 5.75 Å². The van der Waals surface area contributed by atoms with Crippen LogP contribution in [-0.2, 0) is 16.4 Å². The summed E-state index contributed by atoms with van der Waals surface area (Å²) >= 11 is 0. The van der Waals surface area contributed by atoms with Crippen LogP contribution < -0.4 is 10.6 Å². The molecule has 0 saturated carbocycles. The number of nitrogens with one attached hydrogen (secondary N) is 2. The van der Waals surface area contributed by atoms with Crippen molar-refractivity contribution in [2.24, 2.45) is 0 Å². The van der Waals surface area contributed by atoms with Gasteiger partial charge in [-0.2, -0.15) is 0 Å². The monoisotopic (exact) mass is 282 g/mol. The third kappa shape index (κ3) is 4.30. The van der Waals surface area contributed by atoms with E-state index in [0.717, 1.165) is 19.5 Å². The van der Waals surface area contributed by atoms with Gasteiger partial charge in [-0.15, -0.1) is 0 Å². The van der Waals surface area contributed by atoms with E-state index in [-0.39, 0.29) is 17.8 Å². The van der Waals surface area contributed by atoms with E-state index < -0.39 is 9.84 Å². The highest BCUT2D eigenvalue weighted by Crippen LogP contribution is 2.23. The quantitative estimate of drug-likeness (QED) is 0.872. The molecular formula is C14H22N2O2S. The fourth-order valence-corrected chi connectivity index (χ4v) is 3.68. The number of sulfone groups is 1. The SMILES string of the molecule is CC(CS(C)(=O)=O)NC1CCNCc2ccccc21. The molecule has 0 saturated heterocycles. The summed E-state index contributed by atoms with van der Waals surface area (Å²) in [4.78, 5) is 0. The molecule has 0 amide bonds. The fraction of sp³-hybridized carbons (Fsp3) is 0.571. The van der Waals surface area contributed by atoms with E-state index >= 15 is 0 Å². The number of hydrogen-bond acceptors (Lipinski definition) is 4. The average molecular weight is 282 g/mol. The molecule has 4 nitrogen and oxygen atoms in total. The first kappa shape index (κ1) is 14.5. The maximum atomic E-state index is 11.3. The first-order valence-electron chi connectivity index (χ1n) is 6.68. The van der Waals surface area contributed by atoms with Gasteiger partial charge in [0, 0.05) is 24.9 Å². The minimum Gasteiger partial charge on any atom is -0.313 e. The maximum Gasteiger partial charge on any atom is 0.148 e. The van der Waals surface area contributed by atoms with Gasteiger partial charge in [0.15, 0.2) is 0 Å². The molecule has 2 unspecified atom stereocenters. The lowest BCUT2D eigenvalue weighted by molar-refractivity contribution is 0.450. The molecule has 0 aliphatic carbocycles. The van der Waals surface area contributed by atoms with Gasteiger partial charge in [0.25, 0.3) is 0 Å². The van der Waals surface area contributed by atoms with Crippen LogP contribution in [0.25, 0.3) is 0 Å². The van der Waals surface area contributed by atoms with E-state index in [2.05, 4.69) is 22.8 Å². The second-order valence-electron chi connectivity index (χ2n) is 5.38. The van der Waals surface area contributed by atoms with E-state index in [0.29, 0.717) is 0 Å². The molecule has 0 bridgehead atoms. The molecular weight excluding hydrogens is 260 g/mol. The Morgan fingerprint density at radius 1 is 1.42 bits per heavy atom. The highest BCUT2D eigenvalue weighted by Gasteiger charge is 2.20. The fourth-order valence-electron chi connectivity index (χ4n) is 2.68. The Labute approximate surface area is 115 Å². The lowest BCUT2D eigenvalue weighted by atomic mass is 9.99. The number of benzene rings is 1. The Hall–Kier alpha value is -0.910. The van der Waals surface area contributed by atoms with Crippen LogP contribution in [0.1, 0.15) is 30.5 Å². The van der Waals surface area contributed by atoms with Gasteiger partial charge >= 0.3 is 0 Å². The average Bonchev–Trinajstić information content (AvgIpc) is 2.50. The van der Waals surface area contributed by atoms with Crippen molar-refractivity contribution < 1.29 is 8.42 Å². The van der Waals surface area contributed by atoms with Crippen LogP contribution in [0.3, 0.4) is 0 Å². The summed E-state index contributed by atoms with van der Waals surface area (Å²) in [5, 5.41) is 6.85. The topological polar surface area (TPSA) is 58.2 Å². The summed E-state index contributed by atoms with van der Waals surface area (Å²) in [6.07, 6.45) is 2.26. The molecule has 0 radical (unpaired) electrons. The van der Waals surface area contributed by atoms with Gasteiger partial charge in [-0.1, -0.05) is 24.3 Å². The second kappa shape index (κ2) is 6.03. The zero-order chi connectivity index (χ0) is 13.9. The first-order valence-corrected chi connectivity index (χ1v) is 8.74. The van der Waals surface area contributed by atoms with E-state index in [1.54, 1.807) is 0 Å². The third-order valence-electron chi connectivity index (χ3n) is 3.39. The maximum absolute atomic E-state index is 11.3. The van der Waals surface area contributed by atoms with Crippen molar-refractivity contribution >= 4 is 9.84 Å². The Morgan fingerprint density at radius 2 is 2.16 bits per heavy atom. The molecule has 1 aliphatic heterocycles. The summed E-state index contributed by atoms with van der Waals surface area (Å²) < 4.78 is 22.7. The minimum absolute atomic E-state index is 0.0360. The zero-order valence-corrected chi connectivity index (χ0v) is 12.3. The van der Waals surface area contributed by atoms with E-state index in [9.17, 15) is 8.42 Å². The molecule has 2 N–H and O–H groups in total. The molecule has 0 fully saturated rings. The predicted octanol–water partition coefficient (Wildman–Crippen LogP) is 1.24. The highest BCUT2D eigenvalue weighted by atomic mass is 32.2. The van der Waals surface area contributed by atoms with Gasteiger partial charge < -0.3 is 10.6 Å². The Bertz CT molecular complexity index is 528. The summed E-state index contributed by atoms with van der Waals surface area (Å²) in [5.74, 6) is 0.180. The van der Waals surface area contributed by atoms with Crippen molar-refractivity contribution in [2.45, 2.75) is 32.0 Å². The summed E-state index contributed by atoms with van der Waals surface area (Å²) in [7, 11) is -2.94. The zero-order valence-electron chi connectivity index (χ0n) is 11.5. The van der Waals surface area contributed by atoms with Gasteiger partial charge in [-0.05, 0) is 31.0 Å². The van der Waals surface area contributed by atoms with E-state index in [1.807, 2.05) is 19.1 Å². The van der Waals surface area contributed by atoms with Crippen LogP contribution >= 0.6 is 0 Å². The van der Waals surface area contributed by atoms with Crippen LogP contribution in [0.15, 0.2) is 24.3 Å². The molecule has 1 heterocycles. The van der Waals surface area contributed by atoms with Gasteiger partial charge in [-0.3, -0.25) is 0 Å². The highest BCUT2D eigenvalue weighted by molar-refractivity contribution is 7.90. The van der Waals surface area contributed by atoms with Crippen LogP contribution in [0.2, 0.25) is 0 Å². The molecule has 1 aromatic rings. The number of fused-ring (bicyclic) bond motifs is 1. The first-order chi connectivity index (χ1) is 8.96. The molecule has 106 valence electrons. The van der Waals surface area contributed by atoms with Gasteiger partial charge in [0.2, 0.25) is 0 Å². The van der Waals surface area contributed by atoms with E-state index in [1.165, 1.54) is 17.4 Å². The molecule has 19 heavy (non-hydrogen) atoms. The van der Waals surface area contributed by atoms with E-state index in [4.69, 9.17) is 0 Å². The second-order valence-corrected chi connectivity index (χ2v) is 7.56. The molecule has 0 aromatic heterocycles. The third-order valence-corrected chi connectivity index (χ3v) is 4.50. The van der Waals surface area contributed by atoms with Crippen LogP contribution in [-0.4, -0.2) is 33.0 Å². The predicted molar refractivity (Wildman–Crippen MR) is 77.8 cm³/mol. The Balaban J connectivity index is 2.12. The molecule has 1 aromatic carbocycles. The normalized spacial score (nSPS) is 21.5. The molecule has 0 spiro atoms.